The number of hydrogen-bond donors (Lipinski definition) is 2. The first-order chi connectivity index (χ1) is 11.9. The van der Waals surface area contributed by atoms with Crippen LogP contribution in [0.1, 0.15) is 10.4 Å². The number of nitrogens with two attached hydrogens (primary N) is 1. The third-order valence-electron chi connectivity index (χ3n) is 3.03. The summed E-state index contributed by atoms with van der Waals surface area (Å²) in [6, 6.07) is 6.30. The van der Waals surface area contributed by atoms with Gasteiger partial charge in [-0.2, -0.15) is 0 Å². The maximum absolute atomic E-state index is 12.0. The Kier molecular flexibility index (Phi) is 5.06. The van der Waals surface area contributed by atoms with Crippen molar-refractivity contribution in [2.24, 2.45) is 5.73 Å². The van der Waals surface area contributed by atoms with E-state index in [9.17, 15) is 13.6 Å². The molecule has 0 fully saturated rings. The zero-order valence-electron chi connectivity index (χ0n) is 12.1. The number of halogens is 2. The Bertz CT molecular complexity index is 960. The van der Waals surface area contributed by atoms with Crippen molar-refractivity contribution in [1.82, 2.24) is 10.1 Å². The highest BCUT2D eigenvalue weighted by molar-refractivity contribution is 7.81. The number of primary amides is 1. The third kappa shape index (κ3) is 3.39. The number of hydrogen-bond acceptors (Lipinski definition) is 6. The normalized spacial score (nSPS) is 12.1. The molecule has 8 nitrogen and oxygen atoms in total. The van der Waals surface area contributed by atoms with E-state index in [1.807, 2.05) is 0 Å². The van der Waals surface area contributed by atoms with E-state index in [1.165, 1.54) is 12.3 Å². The van der Waals surface area contributed by atoms with Gasteiger partial charge < -0.3 is 10.3 Å². The molecule has 0 aliphatic carbocycles. The highest BCUT2D eigenvalue weighted by Gasteiger charge is 2.32. The number of thiophene rings is 1. The molecule has 25 heavy (non-hydrogen) atoms. The fourth-order valence-electron chi connectivity index (χ4n) is 2.05. The molecule has 1 unspecified atom stereocenters. The monoisotopic (exact) mass is 418 g/mol. The Hall–Kier alpha value is -1.98. The molecule has 3 heterocycles. The second-order valence-corrected chi connectivity index (χ2v) is 7.64. The van der Waals surface area contributed by atoms with E-state index in [0.717, 1.165) is 15.6 Å². The Balaban J connectivity index is 2.21. The molecule has 0 saturated carbocycles. The van der Waals surface area contributed by atoms with Crippen molar-refractivity contribution in [2.45, 2.75) is 0 Å². The first-order valence-corrected chi connectivity index (χ1v) is 9.10. The minimum Gasteiger partial charge on any atom is -0.365 e. The number of carbonyl (C=O) groups excluding carboxylic acids is 1. The van der Waals surface area contributed by atoms with Crippen molar-refractivity contribution in [2.75, 3.05) is 4.31 Å². The molecular weight excluding hydrogens is 411 g/mol. The summed E-state index contributed by atoms with van der Waals surface area (Å²) in [5.41, 5.74) is 5.64. The van der Waals surface area contributed by atoms with Crippen LogP contribution in [0.15, 0.2) is 35.0 Å². The molecule has 1 atom stereocenters. The van der Waals surface area contributed by atoms with Crippen LogP contribution in [-0.2, 0) is 11.3 Å². The molecule has 3 aromatic heterocycles. The van der Waals surface area contributed by atoms with Gasteiger partial charge in [-0.3, -0.25) is 14.3 Å². The van der Waals surface area contributed by atoms with Gasteiger partial charge in [-0.25, -0.2) is 8.51 Å². The number of aromatic nitrogens is 2. The molecule has 3 N–H and O–H groups in total. The van der Waals surface area contributed by atoms with E-state index in [2.05, 4.69) is 10.1 Å². The smallest absolute Gasteiger partial charge is 0.269 e. The number of nitrogens with zero attached hydrogens (tertiary/aromatic N) is 3. The second kappa shape index (κ2) is 7.10. The van der Waals surface area contributed by atoms with Gasteiger partial charge in [-0.15, -0.1) is 11.3 Å². The molecule has 3 aromatic rings. The van der Waals surface area contributed by atoms with E-state index < -0.39 is 17.2 Å². The van der Waals surface area contributed by atoms with Crippen molar-refractivity contribution in [3.05, 3.63) is 44.7 Å². The van der Waals surface area contributed by atoms with Crippen LogP contribution in [0.3, 0.4) is 0 Å². The lowest BCUT2D eigenvalue weighted by Gasteiger charge is -2.16. The summed E-state index contributed by atoms with van der Waals surface area (Å²) in [5.74, 6) is -1.25. The average Bonchev–Trinajstić information content (AvgIpc) is 3.12. The predicted molar refractivity (Wildman–Crippen MR) is 95.5 cm³/mol. The SMILES string of the molecule is NC(=O)c1c(-c2ccccn2)noc1N(c1cc(Cl)sc1Cl)S(=O)O. The molecule has 0 aromatic carbocycles. The number of pyridine rings is 1. The third-order valence-corrected chi connectivity index (χ3v) is 5.17. The summed E-state index contributed by atoms with van der Waals surface area (Å²) in [6.07, 6.45) is 1.49. The van der Waals surface area contributed by atoms with Gasteiger partial charge in [-0.1, -0.05) is 34.4 Å². The largest absolute Gasteiger partial charge is 0.365 e. The number of rotatable bonds is 5. The van der Waals surface area contributed by atoms with E-state index in [0.29, 0.717) is 5.69 Å². The molecule has 12 heteroatoms. The topological polar surface area (TPSA) is 123 Å². The van der Waals surface area contributed by atoms with Gasteiger partial charge >= 0.3 is 0 Å². The lowest BCUT2D eigenvalue weighted by molar-refractivity contribution is 0.100. The van der Waals surface area contributed by atoms with Crippen molar-refractivity contribution < 1.29 is 18.1 Å². The predicted octanol–water partition coefficient (Wildman–Crippen LogP) is 3.48. The van der Waals surface area contributed by atoms with E-state index >= 15 is 0 Å². The fourth-order valence-corrected chi connectivity index (χ4v) is 4.18. The lowest BCUT2D eigenvalue weighted by Crippen LogP contribution is -2.22. The Morgan fingerprint density at radius 2 is 2.16 bits per heavy atom. The van der Waals surface area contributed by atoms with Crippen molar-refractivity contribution in [3.8, 4) is 11.4 Å². The van der Waals surface area contributed by atoms with E-state index in [4.69, 9.17) is 33.5 Å². The lowest BCUT2D eigenvalue weighted by atomic mass is 10.1. The van der Waals surface area contributed by atoms with Gasteiger partial charge in [0, 0.05) is 6.20 Å². The molecular formula is C13H8Cl2N4O4S2. The van der Waals surface area contributed by atoms with Crippen LogP contribution in [-0.4, -0.2) is 24.8 Å². The summed E-state index contributed by atoms with van der Waals surface area (Å²) in [7, 11) is 0. The van der Waals surface area contributed by atoms with Crippen LogP contribution < -0.4 is 10.0 Å². The molecule has 3 rings (SSSR count). The Morgan fingerprint density at radius 3 is 2.68 bits per heavy atom. The van der Waals surface area contributed by atoms with Crippen LogP contribution in [0.5, 0.6) is 0 Å². The second-order valence-electron chi connectivity index (χ2n) is 4.53. The minimum atomic E-state index is -2.64. The van der Waals surface area contributed by atoms with Crippen LogP contribution >= 0.6 is 34.5 Å². The van der Waals surface area contributed by atoms with Crippen LogP contribution in [0.2, 0.25) is 8.67 Å². The zero-order chi connectivity index (χ0) is 18.1. The van der Waals surface area contributed by atoms with Gasteiger partial charge in [0.15, 0.2) is 0 Å². The van der Waals surface area contributed by atoms with Crippen molar-refractivity contribution in [3.63, 3.8) is 0 Å². The van der Waals surface area contributed by atoms with E-state index in [1.54, 1.807) is 18.2 Å². The molecule has 0 aliphatic rings. The quantitative estimate of drug-likeness (QED) is 0.611. The van der Waals surface area contributed by atoms with Gasteiger partial charge in [-0.05, 0) is 18.2 Å². The summed E-state index contributed by atoms with van der Waals surface area (Å²) >= 11 is 10.3. The molecule has 0 radical (unpaired) electrons. The summed E-state index contributed by atoms with van der Waals surface area (Å²) < 4.78 is 27.9. The summed E-state index contributed by atoms with van der Waals surface area (Å²) in [6.45, 7) is 0. The summed E-state index contributed by atoms with van der Waals surface area (Å²) in [4.78, 5) is 16.0. The van der Waals surface area contributed by atoms with Gasteiger partial charge in [0.25, 0.3) is 23.1 Å². The minimum absolute atomic E-state index is 0.0380. The zero-order valence-corrected chi connectivity index (χ0v) is 15.2. The average molecular weight is 419 g/mol. The molecule has 1 amide bonds. The van der Waals surface area contributed by atoms with Crippen molar-refractivity contribution >= 4 is 63.3 Å². The highest BCUT2D eigenvalue weighted by atomic mass is 35.5. The van der Waals surface area contributed by atoms with Crippen LogP contribution in [0.25, 0.3) is 11.4 Å². The standard InChI is InChI=1S/C13H8Cl2N4O4S2/c14-8-5-7(11(15)24-8)19(25(21)22)13-9(12(16)20)10(18-23-13)6-3-1-2-4-17-6/h1-5H,(H2,16,20)(H,21,22). The molecule has 0 spiro atoms. The van der Waals surface area contributed by atoms with Crippen LogP contribution in [0, 0.1) is 0 Å². The molecule has 130 valence electrons. The number of amides is 1. The maximum Gasteiger partial charge on any atom is 0.269 e. The van der Waals surface area contributed by atoms with Crippen LogP contribution in [0.4, 0.5) is 11.6 Å². The number of anilines is 2. The summed E-state index contributed by atoms with van der Waals surface area (Å²) in [5, 5.41) is 3.77. The van der Waals surface area contributed by atoms with Gasteiger partial charge in [0.2, 0.25) is 0 Å². The first kappa shape index (κ1) is 17.8. The van der Waals surface area contributed by atoms with Gasteiger partial charge in [0.05, 0.1) is 15.7 Å². The van der Waals surface area contributed by atoms with E-state index in [-0.39, 0.29) is 31.5 Å². The number of carbonyl (C=O) groups is 1. The Morgan fingerprint density at radius 1 is 1.40 bits per heavy atom. The maximum atomic E-state index is 12.0. The fraction of sp³-hybridized carbons (Fsp3) is 0. The van der Waals surface area contributed by atoms with Gasteiger partial charge in [0.1, 0.15) is 15.6 Å². The Labute approximate surface area is 157 Å². The molecule has 0 bridgehead atoms. The first-order valence-electron chi connectivity index (χ1n) is 6.47. The van der Waals surface area contributed by atoms with Crippen molar-refractivity contribution in [1.29, 1.82) is 0 Å². The molecule has 0 aliphatic heterocycles. The molecule has 0 saturated heterocycles. The highest BCUT2D eigenvalue weighted by Crippen LogP contribution is 2.43.